The predicted molar refractivity (Wildman–Crippen MR) is 127 cm³/mol. The number of piperidine rings is 1. The number of hydrogen-bond donors (Lipinski definition) is 4. The van der Waals surface area contributed by atoms with Crippen LogP contribution in [0.2, 0.25) is 0 Å². The topological polar surface area (TPSA) is 128 Å². The summed E-state index contributed by atoms with van der Waals surface area (Å²) in [6.07, 6.45) is 6.40. The van der Waals surface area contributed by atoms with Gasteiger partial charge in [-0.05, 0) is 50.3 Å². The zero-order valence-corrected chi connectivity index (χ0v) is 20.3. The van der Waals surface area contributed by atoms with E-state index < -0.39 is 33.7 Å². The second-order valence-corrected chi connectivity index (χ2v) is 10.7. The molecule has 184 valence electrons. The van der Waals surface area contributed by atoms with E-state index >= 15 is 0 Å². The van der Waals surface area contributed by atoms with Gasteiger partial charge in [-0.25, -0.2) is 13.9 Å². The van der Waals surface area contributed by atoms with E-state index in [1.165, 1.54) is 0 Å². The van der Waals surface area contributed by atoms with E-state index in [1.54, 1.807) is 11.6 Å². The predicted octanol–water partition coefficient (Wildman–Crippen LogP) is 1.92. The Morgan fingerprint density at radius 2 is 1.79 bits per heavy atom. The van der Waals surface area contributed by atoms with Crippen LogP contribution in [0.15, 0.2) is 36.4 Å². The highest BCUT2D eigenvalue weighted by atomic mass is 32.2. The average molecular weight is 481 g/mol. The molecule has 0 bridgehead atoms. The van der Waals surface area contributed by atoms with E-state index in [0.29, 0.717) is 32.4 Å². The third-order valence-electron chi connectivity index (χ3n) is 5.71. The van der Waals surface area contributed by atoms with Crippen LogP contribution in [0.25, 0.3) is 6.08 Å². The second-order valence-electron chi connectivity index (χ2n) is 8.88. The molecule has 1 aliphatic rings. The molecule has 1 heterocycles. The first-order chi connectivity index (χ1) is 15.6. The zero-order valence-electron chi connectivity index (χ0n) is 19.5. The number of hydroxylamine groups is 1. The van der Waals surface area contributed by atoms with Crippen molar-refractivity contribution in [3.63, 3.8) is 0 Å². The Hall–Kier alpha value is -2.27. The number of carbonyl (C=O) groups excluding carboxylic acids is 2. The fourth-order valence-electron chi connectivity index (χ4n) is 4.09. The summed E-state index contributed by atoms with van der Waals surface area (Å²) in [5.41, 5.74) is 5.21. The van der Waals surface area contributed by atoms with Crippen LogP contribution in [0.3, 0.4) is 0 Å². The molecule has 0 aromatic heterocycles. The molecule has 0 spiro atoms. The van der Waals surface area contributed by atoms with Crippen molar-refractivity contribution >= 4 is 27.9 Å². The van der Waals surface area contributed by atoms with Gasteiger partial charge in [0.1, 0.15) is 0 Å². The third kappa shape index (κ3) is 8.54. The molecule has 1 aromatic rings. The summed E-state index contributed by atoms with van der Waals surface area (Å²) >= 11 is 0. The van der Waals surface area contributed by atoms with E-state index in [9.17, 15) is 23.2 Å². The van der Waals surface area contributed by atoms with Gasteiger partial charge < -0.3 is 5.32 Å². The molecule has 1 aromatic carbocycles. The summed E-state index contributed by atoms with van der Waals surface area (Å²) in [6.45, 7) is 5.16. The monoisotopic (exact) mass is 480 g/mol. The normalized spacial score (nSPS) is 17.3. The van der Waals surface area contributed by atoms with Crippen molar-refractivity contribution in [1.82, 2.24) is 20.6 Å². The van der Waals surface area contributed by atoms with Crippen molar-refractivity contribution in [2.45, 2.75) is 45.6 Å². The maximum atomic E-state index is 13.4. The van der Waals surface area contributed by atoms with Gasteiger partial charge in [0, 0.05) is 6.04 Å². The van der Waals surface area contributed by atoms with Gasteiger partial charge in [-0.3, -0.25) is 20.2 Å². The number of hydrogen-bond acceptors (Lipinski definition) is 6. The van der Waals surface area contributed by atoms with Crippen LogP contribution in [-0.2, 0) is 19.6 Å². The lowest BCUT2D eigenvalue weighted by molar-refractivity contribution is -0.142. The van der Waals surface area contributed by atoms with Crippen molar-refractivity contribution in [1.29, 1.82) is 0 Å². The molecule has 2 rings (SSSR count). The minimum absolute atomic E-state index is 0.0680. The standard InChI is InChI=1S/C23H36N4O5S/c1-17(2)16-21(20(23(29)26-30)11-7-10-18-8-5-4-6-9-18)22(28)25-27(33(3,31)32)19-12-14-24-15-13-19/h4-10,17,19-21,24,30H,11-16H2,1-3H3,(H,25,28)(H,26,29)/t20-,21-/m0/s1. The Labute approximate surface area is 196 Å². The molecule has 10 heteroatoms. The number of sulfonamides is 1. The molecule has 0 aliphatic carbocycles. The molecule has 1 fully saturated rings. The minimum atomic E-state index is -3.72. The van der Waals surface area contributed by atoms with Crippen molar-refractivity contribution in [3.05, 3.63) is 42.0 Å². The Bertz CT molecular complexity index is 899. The first-order valence-electron chi connectivity index (χ1n) is 11.3. The highest BCUT2D eigenvalue weighted by molar-refractivity contribution is 7.88. The van der Waals surface area contributed by atoms with Gasteiger partial charge in [-0.15, -0.1) is 4.41 Å². The molecule has 1 aliphatic heterocycles. The Balaban J connectivity index is 2.26. The molecule has 2 atom stereocenters. The Morgan fingerprint density at radius 1 is 1.15 bits per heavy atom. The van der Waals surface area contributed by atoms with E-state index in [0.717, 1.165) is 16.2 Å². The van der Waals surface area contributed by atoms with Crippen molar-refractivity contribution in [2.75, 3.05) is 19.3 Å². The van der Waals surface area contributed by atoms with Crippen LogP contribution in [-0.4, -0.2) is 55.2 Å². The van der Waals surface area contributed by atoms with E-state index in [4.69, 9.17) is 0 Å². The van der Waals surface area contributed by atoms with Crippen LogP contribution >= 0.6 is 0 Å². The molecule has 9 nitrogen and oxygen atoms in total. The summed E-state index contributed by atoms with van der Waals surface area (Å²) in [6, 6.07) is 9.17. The molecule has 2 amide bonds. The van der Waals surface area contributed by atoms with Crippen molar-refractivity contribution in [2.24, 2.45) is 17.8 Å². The van der Waals surface area contributed by atoms with Crippen LogP contribution in [0.5, 0.6) is 0 Å². The first kappa shape index (κ1) is 27.0. The molecule has 0 saturated carbocycles. The smallest absolute Gasteiger partial charge is 0.247 e. The number of nitrogens with one attached hydrogen (secondary N) is 3. The van der Waals surface area contributed by atoms with Crippen LogP contribution in [0.1, 0.15) is 45.1 Å². The van der Waals surface area contributed by atoms with Gasteiger partial charge in [-0.2, -0.15) is 0 Å². The van der Waals surface area contributed by atoms with Gasteiger partial charge in [0.2, 0.25) is 21.8 Å². The van der Waals surface area contributed by atoms with Gasteiger partial charge >= 0.3 is 0 Å². The molecular formula is C23H36N4O5S. The summed E-state index contributed by atoms with van der Waals surface area (Å²) in [5.74, 6) is -2.86. The number of rotatable bonds is 11. The van der Waals surface area contributed by atoms with E-state index in [-0.39, 0.29) is 18.4 Å². The van der Waals surface area contributed by atoms with Crippen LogP contribution < -0.4 is 16.2 Å². The lowest BCUT2D eigenvalue weighted by atomic mass is 9.82. The lowest BCUT2D eigenvalue weighted by Gasteiger charge is -2.34. The highest BCUT2D eigenvalue weighted by Gasteiger charge is 2.37. The molecule has 4 N–H and O–H groups in total. The van der Waals surface area contributed by atoms with Gasteiger partial charge in [0.05, 0.1) is 18.1 Å². The summed E-state index contributed by atoms with van der Waals surface area (Å²) < 4.78 is 26.0. The second kappa shape index (κ2) is 12.8. The number of nitrogens with zero attached hydrogens (tertiary/aromatic N) is 1. The zero-order chi connectivity index (χ0) is 24.4. The van der Waals surface area contributed by atoms with Crippen molar-refractivity contribution in [3.8, 4) is 0 Å². The number of benzene rings is 1. The largest absolute Gasteiger partial charge is 0.317 e. The fraction of sp³-hybridized carbons (Fsp3) is 0.565. The molecular weight excluding hydrogens is 444 g/mol. The highest BCUT2D eigenvalue weighted by Crippen LogP contribution is 2.26. The molecule has 33 heavy (non-hydrogen) atoms. The van der Waals surface area contributed by atoms with Crippen LogP contribution in [0.4, 0.5) is 0 Å². The number of amides is 2. The van der Waals surface area contributed by atoms with Gasteiger partial charge in [0.15, 0.2) is 0 Å². The number of allylic oxidation sites excluding steroid dienone is 1. The summed E-state index contributed by atoms with van der Waals surface area (Å²) in [4.78, 5) is 25.9. The Kier molecular flexibility index (Phi) is 10.5. The summed E-state index contributed by atoms with van der Waals surface area (Å²) in [7, 11) is -3.72. The lowest BCUT2D eigenvalue weighted by Crippen LogP contribution is -2.56. The molecule has 0 unspecified atom stereocenters. The van der Waals surface area contributed by atoms with Gasteiger partial charge in [0.25, 0.3) is 0 Å². The van der Waals surface area contributed by atoms with Crippen molar-refractivity contribution < 1.29 is 23.2 Å². The fourth-order valence-corrected chi connectivity index (χ4v) is 5.10. The van der Waals surface area contributed by atoms with Gasteiger partial charge in [-0.1, -0.05) is 56.3 Å². The summed E-state index contributed by atoms with van der Waals surface area (Å²) in [5, 5.41) is 12.5. The maximum absolute atomic E-state index is 13.4. The SMILES string of the molecule is CC(C)C[C@H](C(=O)NN(C1CCNCC1)S(C)(=O)=O)[C@H](CC=Cc1ccccc1)C(=O)NO. The Morgan fingerprint density at radius 3 is 2.33 bits per heavy atom. The first-order valence-corrected chi connectivity index (χ1v) is 13.1. The third-order valence-corrected chi connectivity index (χ3v) is 6.82. The quantitative estimate of drug-likeness (QED) is 0.283. The maximum Gasteiger partial charge on any atom is 0.247 e. The van der Waals surface area contributed by atoms with Crippen LogP contribution in [0, 0.1) is 17.8 Å². The average Bonchev–Trinajstić information content (AvgIpc) is 2.78. The minimum Gasteiger partial charge on any atom is -0.317 e. The number of carbonyl (C=O) groups is 2. The molecule has 0 radical (unpaired) electrons. The molecule has 1 saturated heterocycles. The van der Waals surface area contributed by atoms with E-state index in [2.05, 4.69) is 10.7 Å². The van der Waals surface area contributed by atoms with E-state index in [1.807, 2.05) is 50.3 Å². The number of hydrazine groups is 1.